The van der Waals surface area contributed by atoms with Crippen molar-refractivity contribution in [1.29, 1.82) is 0 Å². The molecule has 0 fully saturated rings. The van der Waals surface area contributed by atoms with Crippen molar-refractivity contribution in [2.24, 2.45) is 0 Å². The monoisotopic (exact) mass is 466 g/mol. The third-order valence-corrected chi connectivity index (χ3v) is 6.87. The number of aromatic nitrogens is 2. The first-order valence-corrected chi connectivity index (χ1v) is 12.6. The zero-order valence-corrected chi connectivity index (χ0v) is 20.6. The maximum Gasteiger partial charge on any atom is 0.262 e. The second-order valence-corrected chi connectivity index (χ2v) is 9.34. The van der Waals surface area contributed by atoms with E-state index in [1.165, 1.54) is 17.3 Å². The molecular weight excluding hydrogens is 432 g/mol. The molecule has 1 atom stereocenters. The lowest BCUT2D eigenvalue weighted by Gasteiger charge is -2.20. The highest BCUT2D eigenvalue weighted by atomic mass is 32.2. The Balaban J connectivity index is 1.71. The fourth-order valence-electron chi connectivity index (χ4n) is 3.76. The number of carbonyl (C=O) groups excluding carboxylic acids is 1. The highest BCUT2D eigenvalue weighted by Gasteiger charge is 2.19. The standard InChI is InChI=1S/C26H34N4O2S/c1-4-29(5-2)18-11-19-30-25(32)22-14-9-10-15-23(22)28-26(30)33-20(3)24(31)27-17-16-21-12-7-6-8-13-21/h6-10,12-15,20H,4-5,11,16-19H2,1-3H3,(H,27,31)/t20-/m1/s1. The Morgan fingerprint density at radius 2 is 1.79 bits per heavy atom. The van der Waals surface area contributed by atoms with Crippen LogP contribution in [0.3, 0.4) is 0 Å². The molecule has 0 aliphatic heterocycles. The molecule has 0 unspecified atom stereocenters. The molecule has 0 radical (unpaired) electrons. The van der Waals surface area contributed by atoms with E-state index in [1.807, 2.05) is 49.4 Å². The van der Waals surface area contributed by atoms with Crippen LogP contribution in [0.1, 0.15) is 32.8 Å². The van der Waals surface area contributed by atoms with E-state index < -0.39 is 0 Å². The van der Waals surface area contributed by atoms with Gasteiger partial charge in [0.2, 0.25) is 5.91 Å². The van der Waals surface area contributed by atoms with Gasteiger partial charge in [0.15, 0.2) is 5.16 Å². The highest BCUT2D eigenvalue weighted by molar-refractivity contribution is 8.00. The van der Waals surface area contributed by atoms with Crippen LogP contribution in [0.2, 0.25) is 0 Å². The number of fused-ring (bicyclic) bond motifs is 1. The van der Waals surface area contributed by atoms with Crippen molar-refractivity contribution in [2.75, 3.05) is 26.2 Å². The molecule has 2 aromatic carbocycles. The molecule has 3 rings (SSSR count). The average molecular weight is 467 g/mol. The molecule has 176 valence electrons. The Hall–Kier alpha value is -2.64. The van der Waals surface area contributed by atoms with Crippen molar-refractivity contribution in [3.63, 3.8) is 0 Å². The molecule has 0 aliphatic carbocycles. The Bertz CT molecular complexity index is 1100. The van der Waals surface area contributed by atoms with Crippen LogP contribution in [0.15, 0.2) is 64.5 Å². The topological polar surface area (TPSA) is 67.2 Å². The summed E-state index contributed by atoms with van der Waals surface area (Å²) in [7, 11) is 0. The van der Waals surface area contributed by atoms with Gasteiger partial charge >= 0.3 is 0 Å². The molecule has 0 saturated carbocycles. The van der Waals surface area contributed by atoms with Gasteiger partial charge in [-0.2, -0.15) is 0 Å². The van der Waals surface area contributed by atoms with Crippen molar-refractivity contribution >= 4 is 28.6 Å². The summed E-state index contributed by atoms with van der Waals surface area (Å²) < 4.78 is 1.74. The number of rotatable bonds is 12. The number of thioether (sulfide) groups is 1. The van der Waals surface area contributed by atoms with E-state index in [-0.39, 0.29) is 16.7 Å². The lowest BCUT2D eigenvalue weighted by Crippen LogP contribution is -2.33. The quantitative estimate of drug-likeness (QED) is 0.323. The first-order chi connectivity index (χ1) is 16.0. The molecule has 1 amide bonds. The number of benzene rings is 2. The van der Waals surface area contributed by atoms with Crippen molar-refractivity contribution < 1.29 is 4.79 Å². The molecule has 1 N–H and O–H groups in total. The number of hydrogen-bond donors (Lipinski definition) is 1. The Morgan fingerprint density at radius 1 is 1.09 bits per heavy atom. The number of nitrogens with zero attached hydrogens (tertiary/aromatic N) is 3. The summed E-state index contributed by atoms with van der Waals surface area (Å²) in [6, 6.07) is 17.5. The molecule has 0 bridgehead atoms. The van der Waals surface area contributed by atoms with Gasteiger partial charge in [-0.05, 0) is 57.1 Å². The van der Waals surface area contributed by atoms with Crippen molar-refractivity contribution in [3.8, 4) is 0 Å². The normalized spacial score (nSPS) is 12.2. The van der Waals surface area contributed by atoms with E-state index >= 15 is 0 Å². The molecule has 7 heteroatoms. The van der Waals surface area contributed by atoms with Crippen LogP contribution < -0.4 is 10.9 Å². The van der Waals surface area contributed by atoms with Crippen LogP contribution in [-0.2, 0) is 17.8 Å². The summed E-state index contributed by atoms with van der Waals surface area (Å²) >= 11 is 1.35. The van der Waals surface area contributed by atoms with Gasteiger partial charge < -0.3 is 10.2 Å². The third-order valence-electron chi connectivity index (χ3n) is 5.78. The zero-order chi connectivity index (χ0) is 23.6. The maximum atomic E-state index is 13.2. The van der Waals surface area contributed by atoms with E-state index in [0.717, 1.165) is 32.5 Å². The van der Waals surface area contributed by atoms with E-state index in [1.54, 1.807) is 4.57 Å². The van der Waals surface area contributed by atoms with Gasteiger partial charge in [0.05, 0.1) is 16.2 Å². The van der Waals surface area contributed by atoms with Crippen LogP contribution in [-0.4, -0.2) is 51.8 Å². The first-order valence-electron chi connectivity index (χ1n) is 11.7. The van der Waals surface area contributed by atoms with Crippen molar-refractivity contribution in [1.82, 2.24) is 19.8 Å². The predicted molar refractivity (Wildman–Crippen MR) is 137 cm³/mol. The van der Waals surface area contributed by atoms with Crippen LogP contribution in [0, 0.1) is 0 Å². The van der Waals surface area contributed by atoms with Gasteiger partial charge in [-0.25, -0.2) is 4.98 Å². The summed E-state index contributed by atoms with van der Waals surface area (Å²) in [5, 5.41) is 3.87. The molecule has 0 saturated heterocycles. The maximum absolute atomic E-state index is 13.2. The van der Waals surface area contributed by atoms with Crippen LogP contribution >= 0.6 is 11.8 Å². The predicted octanol–water partition coefficient (Wildman–Crippen LogP) is 3.97. The van der Waals surface area contributed by atoms with E-state index in [4.69, 9.17) is 4.98 Å². The third kappa shape index (κ3) is 6.92. The minimum atomic E-state index is -0.358. The first kappa shape index (κ1) is 25.0. The summed E-state index contributed by atoms with van der Waals surface area (Å²) in [5.74, 6) is -0.0481. The number of nitrogens with one attached hydrogen (secondary N) is 1. The minimum Gasteiger partial charge on any atom is -0.355 e. The van der Waals surface area contributed by atoms with Crippen molar-refractivity contribution in [2.45, 2.75) is 50.6 Å². The van der Waals surface area contributed by atoms with Gasteiger partial charge in [-0.3, -0.25) is 14.2 Å². The number of amides is 1. The van der Waals surface area contributed by atoms with Gasteiger partial charge in [-0.15, -0.1) is 0 Å². The van der Waals surface area contributed by atoms with Crippen LogP contribution in [0.25, 0.3) is 10.9 Å². The molecule has 33 heavy (non-hydrogen) atoms. The minimum absolute atomic E-state index is 0.0423. The summed E-state index contributed by atoms with van der Waals surface area (Å²) in [6.45, 7) is 10.2. The van der Waals surface area contributed by atoms with Gasteiger partial charge in [0, 0.05) is 13.1 Å². The Morgan fingerprint density at radius 3 is 2.52 bits per heavy atom. The number of para-hydroxylation sites is 1. The lowest BCUT2D eigenvalue weighted by molar-refractivity contribution is -0.120. The molecular formula is C26H34N4O2S. The second kappa shape index (κ2) is 12.6. The molecule has 3 aromatic rings. The van der Waals surface area contributed by atoms with Crippen LogP contribution in [0.5, 0.6) is 0 Å². The van der Waals surface area contributed by atoms with Crippen LogP contribution in [0.4, 0.5) is 0 Å². The largest absolute Gasteiger partial charge is 0.355 e. The zero-order valence-electron chi connectivity index (χ0n) is 19.8. The van der Waals surface area contributed by atoms with Crippen molar-refractivity contribution in [3.05, 3.63) is 70.5 Å². The Labute approximate surface area is 200 Å². The summed E-state index contributed by atoms with van der Waals surface area (Å²) in [4.78, 5) is 33.1. The average Bonchev–Trinajstić information content (AvgIpc) is 2.84. The van der Waals surface area contributed by atoms with E-state index in [0.29, 0.717) is 29.1 Å². The number of hydrogen-bond acceptors (Lipinski definition) is 5. The molecule has 0 aliphatic rings. The summed E-state index contributed by atoms with van der Waals surface area (Å²) in [6.07, 6.45) is 1.64. The fraction of sp³-hybridized carbons (Fsp3) is 0.423. The highest BCUT2D eigenvalue weighted by Crippen LogP contribution is 2.23. The number of carbonyl (C=O) groups is 1. The molecule has 1 heterocycles. The molecule has 6 nitrogen and oxygen atoms in total. The lowest BCUT2D eigenvalue weighted by atomic mass is 10.1. The summed E-state index contributed by atoms with van der Waals surface area (Å²) in [5.41, 5.74) is 1.82. The van der Waals surface area contributed by atoms with Gasteiger partial charge in [0.1, 0.15) is 0 Å². The molecule has 1 aromatic heterocycles. The second-order valence-electron chi connectivity index (χ2n) is 8.04. The van der Waals surface area contributed by atoms with E-state index in [9.17, 15) is 9.59 Å². The SMILES string of the molecule is CCN(CC)CCCn1c(S[C@H](C)C(=O)NCCc2ccccc2)nc2ccccc2c1=O. The van der Waals surface area contributed by atoms with E-state index in [2.05, 4.69) is 36.2 Å². The van der Waals surface area contributed by atoms with Gasteiger partial charge in [0.25, 0.3) is 5.56 Å². The van der Waals surface area contributed by atoms with Gasteiger partial charge in [-0.1, -0.05) is 68.1 Å². The fourth-order valence-corrected chi connectivity index (χ4v) is 4.72. The molecule has 0 spiro atoms. The smallest absolute Gasteiger partial charge is 0.262 e. The Kier molecular flexibility index (Phi) is 9.51.